The van der Waals surface area contributed by atoms with Gasteiger partial charge >= 0.3 is 0 Å². The molecule has 2 aromatic rings. The van der Waals surface area contributed by atoms with Crippen molar-refractivity contribution in [1.29, 1.82) is 10.7 Å². The summed E-state index contributed by atoms with van der Waals surface area (Å²) in [6.45, 7) is 6.41. The van der Waals surface area contributed by atoms with Crippen molar-refractivity contribution in [2.24, 2.45) is 5.73 Å². The Morgan fingerprint density at radius 1 is 1.20 bits per heavy atom. The van der Waals surface area contributed by atoms with Gasteiger partial charge in [-0.25, -0.2) is 0 Å². The summed E-state index contributed by atoms with van der Waals surface area (Å²) in [5.41, 5.74) is 12.1. The minimum atomic E-state index is -0.381. The summed E-state index contributed by atoms with van der Waals surface area (Å²) in [5.74, 6) is 0.227. The van der Waals surface area contributed by atoms with E-state index < -0.39 is 0 Å². The van der Waals surface area contributed by atoms with Crippen LogP contribution in [0.2, 0.25) is 0 Å². The first-order valence-corrected chi connectivity index (χ1v) is 9.82. The fourth-order valence-corrected chi connectivity index (χ4v) is 3.71. The van der Waals surface area contributed by atoms with E-state index in [1.807, 2.05) is 36.9 Å². The van der Waals surface area contributed by atoms with E-state index in [-0.39, 0.29) is 24.1 Å². The van der Waals surface area contributed by atoms with Crippen molar-refractivity contribution < 1.29 is 9.90 Å². The van der Waals surface area contributed by atoms with Crippen LogP contribution in [0.15, 0.2) is 42.0 Å². The molecule has 1 aliphatic heterocycles. The van der Waals surface area contributed by atoms with Gasteiger partial charge in [0.15, 0.2) is 0 Å². The quantitative estimate of drug-likeness (QED) is 0.667. The number of benzene rings is 2. The van der Waals surface area contributed by atoms with Gasteiger partial charge in [-0.15, -0.1) is 0 Å². The topological polar surface area (TPSA) is 114 Å². The lowest BCUT2D eigenvalue weighted by atomic mass is 9.89. The highest BCUT2D eigenvalue weighted by molar-refractivity contribution is 6.05. The molecule has 2 aromatic carbocycles. The van der Waals surface area contributed by atoms with Gasteiger partial charge in [0.05, 0.1) is 24.0 Å². The zero-order valence-corrected chi connectivity index (χ0v) is 17.5. The molecule has 0 bridgehead atoms. The minimum Gasteiger partial charge on any atom is -0.398 e. The van der Waals surface area contributed by atoms with E-state index in [9.17, 15) is 9.90 Å². The molecule has 6 nitrogen and oxygen atoms in total. The highest BCUT2D eigenvalue weighted by Gasteiger charge is 2.33. The zero-order chi connectivity index (χ0) is 22.0. The van der Waals surface area contributed by atoms with Gasteiger partial charge < -0.3 is 21.1 Å². The van der Waals surface area contributed by atoms with Crippen molar-refractivity contribution in [1.82, 2.24) is 4.90 Å². The number of nitrogens with two attached hydrogens (primary N) is 1. The molecule has 1 saturated heterocycles. The number of aryl methyl sites for hydroxylation is 2. The third-order valence-electron chi connectivity index (χ3n) is 5.79. The highest BCUT2D eigenvalue weighted by Crippen LogP contribution is 2.30. The number of amides is 1. The van der Waals surface area contributed by atoms with Crippen LogP contribution in [0.3, 0.4) is 0 Å². The van der Waals surface area contributed by atoms with Crippen LogP contribution >= 0.6 is 0 Å². The molecule has 0 aromatic heterocycles. The normalized spacial score (nSPS) is 14.6. The second kappa shape index (κ2) is 8.52. The molecule has 30 heavy (non-hydrogen) atoms. The number of carbonyl (C=O) groups excluding carboxylic acids is 1. The van der Waals surface area contributed by atoms with Crippen molar-refractivity contribution in [3.63, 3.8) is 0 Å². The molecule has 1 aliphatic rings. The van der Waals surface area contributed by atoms with Crippen LogP contribution in [0.1, 0.15) is 51.0 Å². The summed E-state index contributed by atoms with van der Waals surface area (Å²) in [6, 6.07) is 13.4. The molecule has 0 radical (unpaired) electrons. The van der Waals surface area contributed by atoms with Crippen LogP contribution in [-0.4, -0.2) is 41.3 Å². The predicted molar refractivity (Wildman–Crippen MR) is 117 cm³/mol. The Kier molecular flexibility index (Phi) is 6.04. The molecule has 0 saturated carbocycles. The number of aliphatic hydroxyl groups is 1. The third kappa shape index (κ3) is 3.98. The second-order valence-electron chi connectivity index (χ2n) is 7.80. The fraction of sp³-hybridized carbons (Fsp3) is 0.292. The van der Waals surface area contributed by atoms with E-state index >= 15 is 0 Å². The molecule has 154 valence electrons. The second-order valence-corrected chi connectivity index (χ2v) is 7.80. The molecule has 4 N–H and O–H groups in total. The Morgan fingerprint density at radius 2 is 1.80 bits per heavy atom. The number of hydrogen-bond donors (Lipinski definition) is 3. The van der Waals surface area contributed by atoms with Crippen molar-refractivity contribution in [3.05, 3.63) is 75.4 Å². The molecule has 1 heterocycles. The Labute approximate surface area is 176 Å². The van der Waals surface area contributed by atoms with E-state index in [0.717, 1.165) is 16.7 Å². The molecule has 0 atom stereocenters. The first kappa shape index (κ1) is 21.3. The predicted octanol–water partition coefficient (Wildman–Crippen LogP) is 3.12. The van der Waals surface area contributed by atoms with Gasteiger partial charge in [0.25, 0.3) is 5.91 Å². The smallest absolute Gasteiger partial charge is 0.254 e. The number of likely N-dealkylation sites (tertiary alicyclic amines) is 1. The summed E-state index contributed by atoms with van der Waals surface area (Å²) in [4.78, 5) is 14.9. The fourth-order valence-electron chi connectivity index (χ4n) is 3.71. The van der Waals surface area contributed by atoms with Crippen LogP contribution < -0.4 is 5.73 Å². The van der Waals surface area contributed by atoms with Crippen molar-refractivity contribution >= 4 is 17.3 Å². The van der Waals surface area contributed by atoms with Crippen LogP contribution in [0.25, 0.3) is 5.70 Å². The van der Waals surface area contributed by atoms with E-state index in [1.165, 1.54) is 0 Å². The summed E-state index contributed by atoms with van der Waals surface area (Å²) in [7, 11) is 0. The van der Waals surface area contributed by atoms with E-state index in [4.69, 9.17) is 16.4 Å². The number of carbonyl (C=O) groups is 1. The maximum absolute atomic E-state index is 13.1. The number of nitrogens with zero attached hydrogens (tertiary/aromatic N) is 2. The molecular formula is C24H26N4O2. The maximum Gasteiger partial charge on any atom is 0.254 e. The molecule has 1 fully saturated rings. The third-order valence-corrected chi connectivity index (χ3v) is 5.79. The molecule has 0 unspecified atom stereocenters. The molecule has 3 rings (SSSR count). The first-order chi connectivity index (χ1) is 14.3. The van der Waals surface area contributed by atoms with Gasteiger partial charge in [-0.3, -0.25) is 4.79 Å². The maximum atomic E-state index is 13.1. The lowest BCUT2D eigenvalue weighted by Gasteiger charge is -2.40. The van der Waals surface area contributed by atoms with Crippen molar-refractivity contribution in [2.75, 3.05) is 19.7 Å². The van der Waals surface area contributed by atoms with Crippen molar-refractivity contribution in [2.45, 2.75) is 26.7 Å². The molecule has 1 amide bonds. The van der Waals surface area contributed by atoms with Gasteiger partial charge in [-0.1, -0.05) is 18.2 Å². The SMILES string of the molecule is C/C(C(=N)CO)=C(/N)c1cc(C(=O)N2CC(c3ccc(C#N)cc3)C2)c(C)cc1C. The number of aliphatic hydroxyl groups excluding tert-OH is 1. The lowest BCUT2D eigenvalue weighted by molar-refractivity contribution is 0.0601. The first-order valence-electron chi connectivity index (χ1n) is 9.82. The Balaban J connectivity index is 1.82. The molecule has 0 spiro atoms. The minimum absolute atomic E-state index is 0.0404. The average Bonchev–Trinajstić information content (AvgIpc) is 2.71. The summed E-state index contributed by atoms with van der Waals surface area (Å²) in [6.07, 6.45) is 0. The van der Waals surface area contributed by atoms with Gasteiger partial charge in [0.2, 0.25) is 0 Å². The summed E-state index contributed by atoms with van der Waals surface area (Å²) in [5, 5.41) is 26.0. The van der Waals surface area contributed by atoms with Crippen LogP contribution in [0.4, 0.5) is 0 Å². The average molecular weight is 402 g/mol. The molecule has 6 heteroatoms. The molecular weight excluding hydrogens is 376 g/mol. The van der Waals surface area contributed by atoms with Crippen LogP contribution in [0, 0.1) is 30.6 Å². The number of rotatable bonds is 5. The van der Waals surface area contributed by atoms with Gasteiger partial charge in [0, 0.05) is 35.8 Å². The van der Waals surface area contributed by atoms with Gasteiger partial charge in [0.1, 0.15) is 0 Å². The number of hydrogen-bond acceptors (Lipinski definition) is 5. The van der Waals surface area contributed by atoms with Gasteiger partial charge in [-0.05, 0) is 61.2 Å². The molecule has 0 aliphatic carbocycles. The van der Waals surface area contributed by atoms with Crippen molar-refractivity contribution in [3.8, 4) is 6.07 Å². The Morgan fingerprint density at radius 3 is 2.37 bits per heavy atom. The standard InChI is InChI=1S/C24H26N4O2/c1-14-8-15(2)21(9-20(14)23(27)16(3)22(26)13-29)24(30)28-11-19(12-28)18-6-4-17(10-25)5-7-18/h4-9,19,26,29H,11-13,27H2,1-3H3/b23-16-,26-22?. The number of nitriles is 1. The van der Waals surface area contributed by atoms with Crippen LogP contribution in [0.5, 0.6) is 0 Å². The van der Waals surface area contributed by atoms with Crippen LogP contribution in [-0.2, 0) is 0 Å². The summed E-state index contributed by atoms with van der Waals surface area (Å²) < 4.78 is 0. The van der Waals surface area contributed by atoms with Gasteiger partial charge in [-0.2, -0.15) is 5.26 Å². The monoisotopic (exact) mass is 402 g/mol. The lowest BCUT2D eigenvalue weighted by Crippen LogP contribution is -2.48. The van der Waals surface area contributed by atoms with E-state index in [2.05, 4.69) is 6.07 Å². The van der Waals surface area contributed by atoms with E-state index in [0.29, 0.717) is 41.1 Å². The Bertz CT molecular complexity index is 1070. The summed E-state index contributed by atoms with van der Waals surface area (Å²) >= 11 is 0. The largest absolute Gasteiger partial charge is 0.398 e. The highest BCUT2D eigenvalue weighted by atomic mass is 16.3. The Hall–Kier alpha value is -3.43. The van der Waals surface area contributed by atoms with E-state index in [1.54, 1.807) is 25.1 Å². The number of nitrogens with one attached hydrogen (secondary N) is 1. The zero-order valence-electron chi connectivity index (χ0n) is 17.5.